The Balaban J connectivity index is 2.07. The van der Waals surface area contributed by atoms with Crippen LogP contribution < -0.4 is 0 Å². The summed E-state index contributed by atoms with van der Waals surface area (Å²) in [5.41, 5.74) is 1.48. The monoisotopic (exact) mass is 284 g/mol. The molecular weight excluding hydrogens is 272 g/mol. The van der Waals surface area contributed by atoms with Crippen LogP contribution in [-0.2, 0) is 4.79 Å². The topological polar surface area (TPSA) is 37.3 Å². The fourth-order valence-corrected chi connectivity index (χ4v) is 1.75. The van der Waals surface area contributed by atoms with Gasteiger partial charge in [0.25, 0.3) is 0 Å². The number of benzene rings is 2. The van der Waals surface area contributed by atoms with E-state index in [1.54, 1.807) is 42.5 Å². The first-order chi connectivity index (χ1) is 9.65. The van der Waals surface area contributed by atoms with Crippen molar-refractivity contribution < 1.29 is 9.90 Å². The van der Waals surface area contributed by atoms with Crippen LogP contribution in [0.1, 0.15) is 11.1 Å². The van der Waals surface area contributed by atoms with E-state index in [1.165, 1.54) is 12.2 Å². The number of carbonyl (C=O) groups excluding carboxylic acids is 1. The predicted molar refractivity (Wildman–Crippen MR) is 82.5 cm³/mol. The van der Waals surface area contributed by atoms with Crippen molar-refractivity contribution in [3.05, 3.63) is 82.9 Å². The Bertz CT molecular complexity index is 640. The normalized spacial score (nSPS) is 11.8. The molecule has 0 bridgehead atoms. The molecule has 2 rings (SSSR count). The molecule has 3 heteroatoms. The Morgan fingerprint density at radius 1 is 1.00 bits per heavy atom. The first-order valence-electron chi connectivity index (χ1n) is 6.09. The van der Waals surface area contributed by atoms with Gasteiger partial charge in [0.05, 0.1) is 0 Å². The number of allylic oxidation sites excluding steroid dienone is 2. The minimum atomic E-state index is -0.277. The number of halogens is 1. The molecule has 2 aromatic carbocycles. The van der Waals surface area contributed by atoms with E-state index in [9.17, 15) is 9.90 Å². The first kappa shape index (κ1) is 14.1. The van der Waals surface area contributed by atoms with Crippen LogP contribution in [0, 0.1) is 0 Å². The summed E-state index contributed by atoms with van der Waals surface area (Å²) < 4.78 is 0. The van der Waals surface area contributed by atoms with Crippen LogP contribution in [-0.4, -0.2) is 10.9 Å². The maximum atomic E-state index is 11.7. The second-order valence-corrected chi connectivity index (χ2v) is 4.62. The molecule has 0 saturated heterocycles. The zero-order valence-electron chi connectivity index (χ0n) is 10.7. The van der Waals surface area contributed by atoms with Crippen LogP contribution >= 0.6 is 11.6 Å². The minimum absolute atomic E-state index is 0.0450. The van der Waals surface area contributed by atoms with E-state index < -0.39 is 0 Å². The number of hydrogen-bond donors (Lipinski definition) is 1. The third-order valence-corrected chi connectivity index (χ3v) is 2.91. The smallest absolute Gasteiger partial charge is 0.182 e. The van der Waals surface area contributed by atoms with Crippen molar-refractivity contribution in [3.8, 4) is 0 Å². The number of rotatable bonds is 4. The Hall–Kier alpha value is -2.32. The van der Waals surface area contributed by atoms with Gasteiger partial charge < -0.3 is 5.11 Å². The average molecular weight is 285 g/mol. The van der Waals surface area contributed by atoms with Gasteiger partial charge in [-0.1, -0.05) is 60.1 Å². The second-order valence-electron chi connectivity index (χ2n) is 4.18. The Morgan fingerprint density at radius 3 is 2.30 bits per heavy atom. The molecule has 0 aliphatic heterocycles. The number of hydrogen-bond acceptors (Lipinski definition) is 2. The van der Waals surface area contributed by atoms with Gasteiger partial charge in [-0.2, -0.15) is 0 Å². The lowest BCUT2D eigenvalue weighted by atomic mass is 10.1. The zero-order chi connectivity index (χ0) is 14.4. The molecule has 100 valence electrons. The SMILES string of the molecule is O=C(/C=C(\O)c1ccccc1)/C=C/c1ccc(Cl)cc1. The lowest BCUT2D eigenvalue weighted by molar-refractivity contribution is -0.110. The van der Waals surface area contributed by atoms with Gasteiger partial charge in [-0.25, -0.2) is 0 Å². The summed E-state index contributed by atoms with van der Waals surface area (Å²) in [7, 11) is 0. The molecule has 0 aliphatic carbocycles. The summed E-state index contributed by atoms with van der Waals surface area (Å²) in [6.07, 6.45) is 4.28. The van der Waals surface area contributed by atoms with Gasteiger partial charge in [0, 0.05) is 16.7 Å². The van der Waals surface area contributed by atoms with Crippen LogP contribution in [0.3, 0.4) is 0 Å². The van der Waals surface area contributed by atoms with Gasteiger partial charge in [0.2, 0.25) is 0 Å². The largest absolute Gasteiger partial charge is 0.507 e. The van der Waals surface area contributed by atoms with Crippen LogP contribution in [0.25, 0.3) is 11.8 Å². The summed E-state index contributed by atoms with van der Waals surface area (Å²) in [5, 5.41) is 10.5. The van der Waals surface area contributed by atoms with Crippen molar-refractivity contribution in [2.75, 3.05) is 0 Å². The van der Waals surface area contributed by atoms with Crippen molar-refractivity contribution in [3.63, 3.8) is 0 Å². The number of aliphatic hydroxyl groups excluding tert-OH is 1. The lowest BCUT2D eigenvalue weighted by Gasteiger charge is -1.98. The third kappa shape index (κ3) is 4.11. The standard InChI is InChI=1S/C17H13ClO2/c18-15-9-6-13(7-10-15)8-11-16(19)12-17(20)14-4-2-1-3-5-14/h1-12,20H/b11-8+,17-12-. The van der Waals surface area contributed by atoms with Gasteiger partial charge in [-0.05, 0) is 23.8 Å². The molecule has 0 radical (unpaired) electrons. The van der Waals surface area contributed by atoms with E-state index in [0.717, 1.165) is 5.56 Å². The molecule has 0 amide bonds. The maximum Gasteiger partial charge on any atom is 0.182 e. The maximum absolute atomic E-state index is 11.7. The number of carbonyl (C=O) groups is 1. The van der Waals surface area contributed by atoms with Crippen molar-refractivity contribution in [1.29, 1.82) is 0 Å². The minimum Gasteiger partial charge on any atom is -0.507 e. The summed E-state index contributed by atoms with van der Waals surface area (Å²) >= 11 is 5.78. The van der Waals surface area contributed by atoms with E-state index in [0.29, 0.717) is 10.6 Å². The highest BCUT2D eigenvalue weighted by atomic mass is 35.5. The molecule has 0 fully saturated rings. The highest BCUT2D eigenvalue weighted by molar-refractivity contribution is 6.30. The molecule has 0 aliphatic rings. The van der Waals surface area contributed by atoms with Gasteiger partial charge in [-0.15, -0.1) is 0 Å². The molecule has 0 atom stereocenters. The fraction of sp³-hybridized carbons (Fsp3) is 0. The zero-order valence-corrected chi connectivity index (χ0v) is 11.4. The molecule has 0 aromatic heterocycles. The third-order valence-electron chi connectivity index (χ3n) is 2.66. The number of aliphatic hydroxyl groups is 1. The van der Waals surface area contributed by atoms with Crippen molar-refractivity contribution in [2.24, 2.45) is 0 Å². The summed E-state index contributed by atoms with van der Waals surface area (Å²) in [4.78, 5) is 11.7. The summed E-state index contributed by atoms with van der Waals surface area (Å²) in [6.45, 7) is 0. The number of ketones is 1. The molecule has 1 N–H and O–H groups in total. The quantitative estimate of drug-likeness (QED) is 0.662. The highest BCUT2D eigenvalue weighted by Crippen LogP contribution is 2.12. The van der Waals surface area contributed by atoms with Gasteiger partial charge >= 0.3 is 0 Å². The second kappa shape index (κ2) is 6.73. The van der Waals surface area contributed by atoms with Crippen LogP contribution in [0.5, 0.6) is 0 Å². The van der Waals surface area contributed by atoms with E-state index in [1.807, 2.05) is 18.2 Å². The highest BCUT2D eigenvalue weighted by Gasteiger charge is 2.00. The summed E-state index contributed by atoms with van der Waals surface area (Å²) in [5.74, 6) is -0.322. The molecular formula is C17H13ClO2. The Kier molecular flexibility index (Phi) is 4.75. The van der Waals surface area contributed by atoms with Crippen LogP contribution in [0.2, 0.25) is 5.02 Å². The molecule has 0 saturated carbocycles. The van der Waals surface area contributed by atoms with Crippen molar-refractivity contribution in [2.45, 2.75) is 0 Å². The lowest BCUT2D eigenvalue weighted by Crippen LogP contribution is -1.90. The van der Waals surface area contributed by atoms with E-state index >= 15 is 0 Å². The Labute approximate surface area is 122 Å². The first-order valence-corrected chi connectivity index (χ1v) is 6.46. The average Bonchev–Trinajstić information content (AvgIpc) is 2.47. The van der Waals surface area contributed by atoms with Crippen molar-refractivity contribution in [1.82, 2.24) is 0 Å². The molecule has 2 aromatic rings. The van der Waals surface area contributed by atoms with Gasteiger partial charge in [-0.3, -0.25) is 4.79 Å². The predicted octanol–water partition coefficient (Wildman–Crippen LogP) is 4.52. The van der Waals surface area contributed by atoms with E-state index in [4.69, 9.17) is 11.6 Å². The molecule has 2 nitrogen and oxygen atoms in total. The molecule has 20 heavy (non-hydrogen) atoms. The van der Waals surface area contributed by atoms with E-state index in [-0.39, 0.29) is 11.5 Å². The molecule has 0 heterocycles. The fourth-order valence-electron chi connectivity index (χ4n) is 1.63. The molecule has 0 unspecified atom stereocenters. The Morgan fingerprint density at radius 2 is 1.65 bits per heavy atom. The van der Waals surface area contributed by atoms with Crippen LogP contribution in [0.4, 0.5) is 0 Å². The summed E-state index contributed by atoms with van der Waals surface area (Å²) in [6, 6.07) is 16.1. The van der Waals surface area contributed by atoms with Crippen LogP contribution in [0.15, 0.2) is 66.7 Å². The van der Waals surface area contributed by atoms with Gasteiger partial charge in [0.1, 0.15) is 5.76 Å². The van der Waals surface area contributed by atoms with Gasteiger partial charge in [0.15, 0.2) is 5.78 Å². The van der Waals surface area contributed by atoms with Crippen molar-refractivity contribution >= 4 is 29.2 Å². The van der Waals surface area contributed by atoms with E-state index in [2.05, 4.69) is 0 Å². The molecule has 0 spiro atoms.